The summed E-state index contributed by atoms with van der Waals surface area (Å²) in [5, 5.41) is 12.5. The summed E-state index contributed by atoms with van der Waals surface area (Å²) in [4.78, 5) is 27.9. The summed E-state index contributed by atoms with van der Waals surface area (Å²) >= 11 is 5.92. The topological polar surface area (TPSA) is 79.3 Å². The average Bonchev–Trinajstić information content (AvgIpc) is 2.67. The fourth-order valence-electron chi connectivity index (χ4n) is 2.71. The van der Waals surface area contributed by atoms with Gasteiger partial charge in [0, 0.05) is 23.2 Å². The van der Waals surface area contributed by atoms with E-state index in [2.05, 4.69) is 10.3 Å². The molecule has 6 heteroatoms. The summed E-state index contributed by atoms with van der Waals surface area (Å²) in [6.45, 7) is 0.00837. The third kappa shape index (κ3) is 4.92. The van der Waals surface area contributed by atoms with Gasteiger partial charge < -0.3 is 10.4 Å². The Labute approximate surface area is 161 Å². The number of carboxylic acid groups (broad SMARTS) is 1. The molecular weight excluding hydrogens is 364 g/mol. The van der Waals surface area contributed by atoms with Gasteiger partial charge in [-0.25, -0.2) is 4.79 Å². The van der Waals surface area contributed by atoms with Crippen LogP contribution in [0.25, 0.3) is 11.3 Å². The molecule has 0 radical (unpaired) electrons. The van der Waals surface area contributed by atoms with E-state index >= 15 is 0 Å². The lowest BCUT2D eigenvalue weighted by Crippen LogP contribution is -2.17. The van der Waals surface area contributed by atoms with Crippen LogP contribution in [0.4, 0.5) is 5.69 Å². The number of rotatable bonds is 7. The summed E-state index contributed by atoms with van der Waals surface area (Å²) < 4.78 is 0. The Balaban J connectivity index is 1.67. The van der Waals surface area contributed by atoms with Crippen molar-refractivity contribution in [3.8, 4) is 11.3 Å². The van der Waals surface area contributed by atoms with Gasteiger partial charge in [-0.15, -0.1) is 0 Å². The largest absolute Gasteiger partial charge is 0.478 e. The van der Waals surface area contributed by atoms with E-state index in [1.807, 2.05) is 42.5 Å². The second kappa shape index (κ2) is 8.47. The summed E-state index contributed by atoms with van der Waals surface area (Å²) in [5.74, 6) is -1.14. The second-order valence-electron chi connectivity index (χ2n) is 5.98. The lowest BCUT2D eigenvalue weighted by molar-refractivity contribution is -0.116. The number of carboxylic acids is 1. The van der Waals surface area contributed by atoms with E-state index in [0.29, 0.717) is 10.7 Å². The number of carbonyl (C=O) groups is 2. The van der Waals surface area contributed by atoms with Crippen LogP contribution in [0.15, 0.2) is 66.9 Å². The molecule has 2 N–H and O–H groups in total. The predicted octanol–water partition coefficient (Wildman–Crippen LogP) is 4.32. The van der Waals surface area contributed by atoms with Crippen LogP contribution in [0.5, 0.6) is 0 Å². The van der Waals surface area contributed by atoms with Crippen LogP contribution in [-0.4, -0.2) is 28.4 Å². The van der Waals surface area contributed by atoms with Gasteiger partial charge in [0.15, 0.2) is 5.78 Å². The van der Waals surface area contributed by atoms with Gasteiger partial charge >= 0.3 is 5.97 Å². The van der Waals surface area contributed by atoms with Gasteiger partial charge in [-0.2, -0.15) is 0 Å². The molecule has 2 aromatic carbocycles. The maximum absolute atomic E-state index is 12.3. The van der Waals surface area contributed by atoms with Crippen LogP contribution in [-0.2, 0) is 11.2 Å². The number of benzene rings is 2. The van der Waals surface area contributed by atoms with Crippen molar-refractivity contribution in [3.63, 3.8) is 0 Å². The average molecular weight is 381 g/mol. The van der Waals surface area contributed by atoms with E-state index in [1.165, 1.54) is 18.2 Å². The number of Topliss-reactive ketones (excluding diaryl/α,β-unsaturated/α-hetero) is 1. The van der Waals surface area contributed by atoms with Crippen molar-refractivity contribution in [2.75, 3.05) is 11.9 Å². The standard InChI is InChI=1S/C21H17ClN2O3/c22-16-7-8-18(21(26)27)20(12-16)24-13-17(25)11-14-4-3-5-15(10-14)19-6-1-2-9-23-19/h1-10,12,24H,11,13H2,(H,26,27). The number of pyridine rings is 1. The summed E-state index contributed by atoms with van der Waals surface area (Å²) in [7, 11) is 0. The summed E-state index contributed by atoms with van der Waals surface area (Å²) in [6.07, 6.45) is 1.96. The normalized spacial score (nSPS) is 10.4. The van der Waals surface area contributed by atoms with Crippen LogP contribution < -0.4 is 5.32 Å². The van der Waals surface area contributed by atoms with Crippen molar-refractivity contribution in [2.45, 2.75) is 6.42 Å². The number of carbonyl (C=O) groups excluding carboxylic acids is 1. The van der Waals surface area contributed by atoms with Crippen LogP contribution in [0.3, 0.4) is 0 Å². The molecule has 136 valence electrons. The molecule has 0 bridgehead atoms. The van der Waals surface area contributed by atoms with Crippen molar-refractivity contribution in [3.05, 3.63) is 83.0 Å². The zero-order chi connectivity index (χ0) is 19.2. The van der Waals surface area contributed by atoms with Crippen LogP contribution in [0.2, 0.25) is 5.02 Å². The first-order valence-corrected chi connectivity index (χ1v) is 8.69. The Hall–Kier alpha value is -3.18. The third-order valence-electron chi connectivity index (χ3n) is 3.98. The Morgan fingerprint density at radius 3 is 2.63 bits per heavy atom. The minimum absolute atomic E-state index is 0.00837. The zero-order valence-corrected chi connectivity index (χ0v) is 15.1. The van der Waals surface area contributed by atoms with E-state index < -0.39 is 5.97 Å². The molecular formula is C21H17ClN2O3. The summed E-state index contributed by atoms with van der Waals surface area (Å²) in [5.41, 5.74) is 3.05. The number of aromatic carboxylic acids is 1. The zero-order valence-electron chi connectivity index (χ0n) is 14.4. The van der Waals surface area contributed by atoms with Gasteiger partial charge in [0.25, 0.3) is 0 Å². The van der Waals surface area contributed by atoms with E-state index in [9.17, 15) is 14.7 Å². The van der Waals surface area contributed by atoms with E-state index in [0.717, 1.165) is 16.8 Å². The number of halogens is 1. The highest BCUT2D eigenvalue weighted by Gasteiger charge is 2.12. The molecule has 3 aromatic rings. The SMILES string of the molecule is O=C(CNc1cc(Cl)ccc1C(=O)O)Cc1cccc(-c2ccccn2)c1. The molecule has 5 nitrogen and oxygen atoms in total. The van der Waals surface area contributed by atoms with Gasteiger partial charge in [-0.1, -0.05) is 35.9 Å². The first kappa shape index (κ1) is 18.6. The molecule has 0 fully saturated rings. The minimum atomic E-state index is -1.08. The van der Waals surface area contributed by atoms with Crippen molar-refractivity contribution in [2.24, 2.45) is 0 Å². The van der Waals surface area contributed by atoms with Gasteiger partial charge in [-0.05, 0) is 42.0 Å². The van der Waals surface area contributed by atoms with Gasteiger partial charge in [-0.3, -0.25) is 9.78 Å². The Morgan fingerprint density at radius 1 is 1.04 bits per heavy atom. The number of aromatic nitrogens is 1. The molecule has 0 saturated carbocycles. The van der Waals surface area contributed by atoms with Crippen LogP contribution in [0, 0.1) is 0 Å². The first-order chi connectivity index (χ1) is 13.0. The van der Waals surface area contributed by atoms with Crippen LogP contribution in [0.1, 0.15) is 15.9 Å². The molecule has 3 rings (SSSR count). The fourth-order valence-corrected chi connectivity index (χ4v) is 2.88. The highest BCUT2D eigenvalue weighted by Crippen LogP contribution is 2.21. The molecule has 0 saturated heterocycles. The smallest absolute Gasteiger partial charge is 0.337 e. The number of nitrogens with one attached hydrogen (secondary N) is 1. The molecule has 0 spiro atoms. The number of hydrogen-bond donors (Lipinski definition) is 2. The van der Waals surface area contributed by atoms with Crippen LogP contribution >= 0.6 is 11.6 Å². The van der Waals surface area contributed by atoms with Crippen molar-refractivity contribution < 1.29 is 14.7 Å². The molecule has 0 aliphatic heterocycles. The summed E-state index contributed by atoms with van der Waals surface area (Å²) in [6, 6.07) is 17.7. The van der Waals surface area contributed by atoms with E-state index in [4.69, 9.17) is 11.6 Å². The lowest BCUT2D eigenvalue weighted by Gasteiger charge is -2.10. The first-order valence-electron chi connectivity index (χ1n) is 8.31. The Kier molecular flexibility index (Phi) is 5.84. The maximum Gasteiger partial charge on any atom is 0.337 e. The molecule has 1 heterocycles. The quantitative estimate of drug-likeness (QED) is 0.638. The lowest BCUT2D eigenvalue weighted by atomic mass is 10.0. The predicted molar refractivity (Wildman–Crippen MR) is 105 cm³/mol. The Bertz CT molecular complexity index is 974. The number of anilines is 1. The fraction of sp³-hybridized carbons (Fsp3) is 0.0952. The molecule has 0 unspecified atom stereocenters. The molecule has 0 atom stereocenters. The monoisotopic (exact) mass is 380 g/mol. The van der Waals surface area contributed by atoms with E-state index in [-0.39, 0.29) is 24.3 Å². The van der Waals surface area contributed by atoms with Gasteiger partial charge in [0.2, 0.25) is 0 Å². The van der Waals surface area contributed by atoms with Crippen molar-refractivity contribution >= 4 is 29.0 Å². The Morgan fingerprint density at radius 2 is 1.89 bits per heavy atom. The van der Waals surface area contributed by atoms with Gasteiger partial charge in [0.05, 0.1) is 23.5 Å². The molecule has 0 aliphatic carbocycles. The van der Waals surface area contributed by atoms with Gasteiger partial charge in [0.1, 0.15) is 0 Å². The third-order valence-corrected chi connectivity index (χ3v) is 4.21. The highest BCUT2D eigenvalue weighted by molar-refractivity contribution is 6.31. The maximum atomic E-state index is 12.3. The van der Waals surface area contributed by atoms with Crippen molar-refractivity contribution in [1.29, 1.82) is 0 Å². The number of ketones is 1. The molecule has 0 amide bonds. The van der Waals surface area contributed by atoms with E-state index in [1.54, 1.807) is 6.20 Å². The molecule has 27 heavy (non-hydrogen) atoms. The molecule has 0 aliphatic rings. The second-order valence-corrected chi connectivity index (χ2v) is 6.42. The minimum Gasteiger partial charge on any atom is -0.478 e. The number of hydrogen-bond acceptors (Lipinski definition) is 4. The van der Waals surface area contributed by atoms with Crippen molar-refractivity contribution in [1.82, 2.24) is 4.98 Å². The molecule has 1 aromatic heterocycles. The highest BCUT2D eigenvalue weighted by atomic mass is 35.5. The number of nitrogens with zero attached hydrogens (tertiary/aromatic N) is 1.